The first-order chi connectivity index (χ1) is 12.9. The zero-order valence-corrected chi connectivity index (χ0v) is 16.3. The smallest absolute Gasteiger partial charge is 0.433 e. The Labute approximate surface area is 173 Å². The molecule has 0 spiro atoms. The molecule has 1 aliphatic heterocycles. The summed E-state index contributed by atoms with van der Waals surface area (Å²) in [5, 5.41) is 31.7. The van der Waals surface area contributed by atoms with Crippen LogP contribution in [0.2, 0.25) is 0 Å². The van der Waals surface area contributed by atoms with Gasteiger partial charge >= 0.3 is 10.2 Å². The van der Waals surface area contributed by atoms with E-state index in [1.165, 1.54) is 47.4 Å². The van der Waals surface area contributed by atoms with Gasteiger partial charge in [0, 0.05) is 23.9 Å². The molecule has 1 aromatic heterocycles. The fourth-order valence-electron chi connectivity index (χ4n) is 2.63. The summed E-state index contributed by atoms with van der Waals surface area (Å²) >= 11 is 2.72. The summed E-state index contributed by atoms with van der Waals surface area (Å²) in [5.74, 6) is -0.694. The number of hydrogen-bond donors (Lipinski definition) is 2. The van der Waals surface area contributed by atoms with Gasteiger partial charge in [0.25, 0.3) is 5.69 Å². The van der Waals surface area contributed by atoms with Gasteiger partial charge in [-0.3, -0.25) is 10.1 Å². The number of phenolic OH excluding ortho intramolecular Hbond substituents is 2. The number of nitrogens with zero attached hydrogens (tertiary/aromatic N) is 2. The van der Waals surface area contributed by atoms with Crippen molar-refractivity contribution in [2.24, 2.45) is 0 Å². The molecule has 0 bridgehead atoms. The van der Waals surface area contributed by atoms with Crippen molar-refractivity contribution in [2.75, 3.05) is 0 Å². The summed E-state index contributed by atoms with van der Waals surface area (Å²) in [6.45, 7) is 0. The molecule has 4 rings (SSSR count). The Morgan fingerprint density at radius 2 is 1.79 bits per heavy atom. The molecule has 0 fully saturated rings. The molecule has 0 saturated carbocycles. The minimum Gasteiger partial charge on any atom is -1.00 e. The molecule has 10 heteroatoms. The molecular formula is C18H11ClN2O5S2. The van der Waals surface area contributed by atoms with Crippen LogP contribution in [0.5, 0.6) is 11.5 Å². The minimum absolute atomic E-state index is 0. The number of thiazole rings is 1. The number of allylic oxidation sites excluding steroid dienone is 1. The summed E-state index contributed by atoms with van der Waals surface area (Å²) in [4.78, 5) is 23.6. The van der Waals surface area contributed by atoms with Crippen LogP contribution in [0.1, 0.15) is 10.4 Å². The highest BCUT2D eigenvalue weighted by Crippen LogP contribution is 2.39. The third-order valence-corrected chi connectivity index (χ3v) is 6.11. The largest absolute Gasteiger partial charge is 1.00 e. The number of phenols is 2. The Hall–Kier alpha value is -2.88. The van der Waals surface area contributed by atoms with E-state index in [4.69, 9.17) is 0 Å². The highest BCUT2D eigenvalue weighted by atomic mass is 35.5. The maximum Gasteiger partial charge on any atom is 0.433 e. The van der Waals surface area contributed by atoms with Gasteiger partial charge in [0.1, 0.15) is 4.91 Å². The molecule has 2 N–H and O–H groups in total. The molecular weight excluding hydrogens is 424 g/mol. The second kappa shape index (κ2) is 7.63. The summed E-state index contributed by atoms with van der Waals surface area (Å²) in [5.41, 5.74) is 1.91. The number of non-ortho nitro benzene ring substituents is 1. The number of thioether (sulfide) groups is 1. The Balaban J connectivity index is 0.00000225. The number of carbonyl (C=O) groups excluding carboxylic acids is 1. The number of benzene rings is 2. The maximum absolute atomic E-state index is 12.8. The Kier molecular flexibility index (Phi) is 5.41. The summed E-state index contributed by atoms with van der Waals surface area (Å²) in [6, 6.07) is 10.4. The van der Waals surface area contributed by atoms with Crippen molar-refractivity contribution in [2.45, 2.75) is 4.34 Å². The van der Waals surface area contributed by atoms with Crippen LogP contribution < -0.4 is 17.0 Å². The Bertz CT molecular complexity index is 1130. The van der Waals surface area contributed by atoms with Crippen LogP contribution in [-0.4, -0.2) is 21.0 Å². The molecule has 1 aliphatic rings. The zero-order valence-electron chi connectivity index (χ0n) is 13.9. The first-order valence-corrected chi connectivity index (χ1v) is 9.38. The van der Waals surface area contributed by atoms with E-state index in [-0.39, 0.29) is 35.5 Å². The van der Waals surface area contributed by atoms with Crippen molar-refractivity contribution in [3.63, 3.8) is 0 Å². The molecule has 0 radical (unpaired) electrons. The summed E-state index contributed by atoms with van der Waals surface area (Å²) in [7, 11) is 0. The van der Waals surface area contributed by atoms with Gasteiger partial charge in [-0.25, -0.2) is 4.79 Å². The van der Waals surface area contributed by atoms with Gasteiger partial charge < -0.3 is 22.6 Å². The molecule has 3 aromatic rings. The lowest BCUT2D eigenvalue weighted by Crippen LogP contribution is -3.00. The molecule has 7 nitrogen and oxygen atoms in total. The van der Waals surface area contributed by atoms with E-state index < -0.39 is 4.92 Å². The second-order valence-electron chi connectivity index (χ2n) is 5.69. The second-order valence-corrected chi connectivity index (χ2v) is 7.84. The predicted octanol–water partition coefficient (Wildman–Crippen LogP) is 0.813. The normalized spacial score (nSPS) is 14.0. The van der Waals surface area contributed by atoms with Crippen LogP contribution in [-0.2, 0) is 0 Å². The SMILES string of the molecule is O=C1/C(=C/c2ccc([N+](=O)[O-])cc2)Sc2scc(-c3ccc(O)c(O)c3)[n+]21.[Cl-]. The fourth-order valence-corrected chi connectivity index (χ4v) is 4.82. The van der Waals surface area contributed by atoms with Crippen LogP contribution in [0.3, 0.4) is 0 Å². The van der Waals surface area contributed by atoms with E-state index in [1.807, 2.05) is 5.38 Å². The van der Waals surface area contributed by atoms with Crippen molar-refractivity contribution in [1.82, 2.24) is 0 Å². The third-order valence-electron chi connectivity index (χ3n) is 3.98. The molecule has 0 amide bonds. The van der Waals surface area contributed by atoms with Gasteiger partial charge in [-0.15, -0.1) is 4.57 Å². The van der Waals surface area contributed by atoms with Gasteiger partial charge in [0.2, 0.25) is 5.69 Å². The maximum atomic E-state index is 12.8. The molecule has 2 heterocycles. The first kappa shape index (κ1) is 19.9. The van der Waals surface area contributed by atoms with Gasteiger partial charge in [-0.2, -0.15) is 0 Å². The number of aromatic nitrogens is 1. The molecule has 2 aromatic carbocycles. The number of fused-ring (bicyclic) bond motifs is 1. The van der Waals surface area contributed by atoms with Crippen LogP contribution in [0, 0.1) is 10.1 Å². The minimum atomic E-state index is -0.473. The van der Waals surface area contributed by atoms with E-state index in [9.17, 15) is 25.1 Å². The van der Waals surface area contributed by atoms with Crippen LogP contribution in [0.4, 0.5) is 5.69 Å². The van der Waals surface area contributed by atoms with E-state index in [0.29, 0.717) is 21.7 Å². The zero-order chi connectivity index (χ0) is 19.1. The monoisotopic (exact) mass is 434 g/mol. The third kappa shape index (κ3) is 3.47. The standard InChI is InChI=1S/C18H10N2O5S2.ClH/c21-14-6-3-11(8-15(14)22)13-9-26-18-19(13)17(23)16(27-18)7-10-1-4-12(5-2-10)20(24)25;/h1-9H,(H-,21,22);1H/b16-7-;. The molecule has 0 atom stereocenters. The summed E-state index contributed by atoms with van der Waals surface area (Å²) < 4.78 is 2.33. The number of carbonyl (C=O) groups is 1. The van der Waals surface area contributed by atoms with Crippen LogP contribution in [0.15, 0.2) is 57.1 Å². The van der Waals surface area contributed by atoms with E-state index in [2.05, 4.69) is 0 Å². The van der Waals surface area contributed by atoms with Gasteiger partial charge in [0.15, 0.2) is 11.5 Å². The number of nitro groups is 1. The first-order valence-electron chi connectivity index (χ1n) is 7.68. The Morgan fingerprint density at radius 1 is 1.07 bits per heavy atom. The average Bonchev–Trinajstić information content (AvgIpc) is 3.19. The van der Waals surface area contributed by atoms with Gasteiger partial charge in [-0.1, -0.05) is 11.3 Å². The molecule has 142 valence electrons. The lowest BCUT2D eigenvalue weighted by Gasteiger charge is -1.99. The van der Waals surface area contributed by atoms with Crippen molar-refractivity contribution in [3.05, 3.63) is 68.4 Å². The molecule has 0 unspecified atom stereocenters. The number of aromatic hydroxyl groups is 2. The lowest BCUT2D eigenvalue weighted by molar-refractivity contribution is -0.588. The molecule has 0 aliphatic carbocycles. The highest BCUT2D eigenvalue weighted by Gasteiger charge is 2.40. The fraction of sp³-hybridized carbons (Fsp3) is 0. The molecule has 0 saturated heterocycles. The average molecular weight is 435 g/mol. The summed E-state index contributed by atoms with van der Waals surface area (Å²) in [6.07, 6.45) is 1.69. The van der Waals surface area contributed by atoms with Crippen molar-refractivity contribution in [1.29, 1.82) is 0 Å². The van der Waals surface area contributed by atoms with Gasteiger partial charge in [-0.05, 0) is 42.0 Å². The van der Waals surface area contributed by atoms with Gasteiger partial charge in [0.05, 0.1) is 15.9 Å². The highest BCUT2D eigenvalue weighted by molar-refractivity contribution is 8.05. The Morgan fingerprint density at radius 3 is 2.43 bits per heavy atom. The number of rotatable bonds is 3. The van der Waals surface area contributed by atoms with Crippen LogP contribution >= 0.6 is 23.1 Å². The predicted molar refractivity (Wildman–Crippen MR) is 101 cm³/mol. The van der Waals surface area contributed by atoms with E-state index >= 15 is 0 Å². The van der Waals surface area contributed by atoms with E-state index in [1.54, 1.807) is 28.8 Å². The number of hydrogen-bond acceptors (Lipinski definition) is 7. The van der Waals surface area contributed by atoms with E-state index in [0.717, 1.165) is 4.34 Å². The molecule has 28 heavy (non-hydrogen) atoms. The topological polar surface area (TPSA) is 105 Å². The van der Waals surface area contributed by atoms with Crippen molar-refractivity contribution < 1.29 is 36.9 Å². The number of halogens is 1. The number of nitro benzene ring substituents is 1. The van der Waals surface area contributed by atoms with Crippen LogP contribution in [0.25, 0.3) is 17.3 Å². The quantitative estimate of drug-likeness (QED) is 0.208. The van der Waals surface area contributed by atoms with Crippen molar-refractivity contribution >= 4 is 40.8 Å². The lowest BCUT2D eigenvalue weighted by atomic mass is 10.1. The van der Waals surface area contributed by atoms with Crippen molar-refractivity contribution in [3.8, 4) is 22.8 Å².